The fraction of sp³-hybridized carbons (Fsp3) is 0.0500. The smallest absolute Gasteiger partial charge is 0.237 e. The second-order valence-corrected chi connectivity index (χ2v) is 6.10. The van der Waals surface area contributed by atoms with Gasteiger partial charge in [0.1, 0.15) is 11.7 Å². The molecule has 6 heteroatoms. The maximum atomic E-state index is 12.4. The number of aromatic amines is 1. The number of nitrogens with zero attached hydrogens (tertiary/aromatic N) is 2. The van der Waals surface area contributed by atoms with E-state index in [-0.39, 0.29) is 5.91 Å². The summed E-state index contributed by atoms with van der Waals surface area (Å²) in [6, 6.07) is 17.2. The van der Waals surface area contributed by atoms with Crippen molar-refractivity contribution in [2.24, 2.45) is 4.99 Å². The molecule has 0 spiro atoms. The number of aromatic nitrogens is 2. The Balaban J connectivity index is 1.46. The number of imidazole rings is 1. The molecule has 1 aliphatic rings. The van der Waals surface area contributed by atoms with E-state index in [1.54, 1.807) is 12.5 Å². The second kappa shape index (κ2) is 5.70. The van der Waals surface area contributed by atoms with Crippen molar-refractivity contribution in [3.8, 4) is 11.3 Å². The molecule has 1 unspecified atom stereocenters. The molecule has 1 atom stereocenters. The van der Waals surface area contributed by atoms with Crippen LogP contribution in [0.1, 0.15) is 11.5 Å². The molecule has 0 aliphatic carbocycles. The lowest BCUT2D eigenvalue weighted by molar-refractivity contribution is -0.115. The van der Waals surface area contributed by atoms with Crippen molar-refractivity contribution in [2.75, 3.05) is 5.32 Å². The third-order valence-electron chi connectivity index (χ3n) is 4.46. The summed E-state index contributed by atoms with van der Waals surface area (Å²) in [5, 5.41) is 2.91. The largest absolute Gasteiger partial charge is 0.464 e. The van der Waals surface area contributed by atoms with E-state index in [2.05, 4.69) is 20.3 Å². The minimum Gasteiger partial charge on any atom is -0.464 e. The molecule has 0 saturated heterocycles. The lowest BCUT2D eigenvalue weighted by atomic mass is 10.00. The van der Waals surface area contributed by atoms with E-state index in [0.717, 1.165) is 33.6 Å². The zero-order chi connectivity index (χ0) is 17.5. The first-order valence-electron chi connectivity index (χ1n) is 8.25. The average molecular weight is 342 g/mol. The maximum Gasteiger partial charge on any atom is 0.237 e. The van der Waals surface area contributed by atoms with E-state index in [0.29, 0.717) is 5.95 Å². The van der Waals surface area contributed by atoms with Crippen LogP contribution in [-0.4, -0.2) is 22.1 Å². The highest BCUT2D eigenvalue weighted by atomic mass is 16.3. The fourth-order valence-corrected chi connectivity index (χ4v) is 3.18. The summed E-state index contributed by atoms with van der Waals surface area (Å²) in [5.74, 6) is 0.710. The minimum absolute atomic E-state index is 0.101. The number of nitrogens with one attached hydrogen (secondary N) is 2. The number of carbonyl (C=O) groups is 1. The van der Waals surface area contributed by atoms with Gasteiger partial charge in [-0.1, -0.05) is 24.3 Å². The molecule has 26 heavy (non-hydrogen) atoms. The highest BCUT2D eigenvalue weighted by Gasteiger charge is 2.29. The molecule has 0 radical (unpaired) electrons. The van der Waals surface area contributed by atoms with Crippen LogP contribution in [0, 0.1) is 0 Å². The van der Waals surface area contributed by atoms with Gasteiger partial charge in [-0.25, -0.2) is 9.98 Å². The molecule has 4 aromatic rings. The molecule has 0 fully saturated rings. The molecular formula is C20H14N4O2. The van der Waals surface area contributed by atoms with E-state index >= 15 is 0 Å². The normalized spacial score (nSPS) is 16.3. The number of amides is 1. The number of aliphatic imine (C=N–C) groups is 1. The Morgan fingerprint density at radius 1 is 1.12 bits per heavy atom. The molecule has 0 bridgehead atoms. The van der Waals surface area contributed by atoms with Gasteiger partial charge in [-0.2, -0.15) is 0 Å². The molecule has 2 aromatic heterocycles. The van der Waals surface area contributed by atoms with Gasteiger partial charge in [0.2, 0.25) is 11.9 Å². The van der Waals surface area contributed by atoms with Gasteiger partial charge >= 0.3 is 0 Å². The molecule has 2 N–H and O–H groups in total. The summed E-state index contributed by atoms with van der Waals surface area (Å²) in [4.78, 5) is 24.3. The van der Waals surface area contributed by atoms with E-state index in [4.69, 9.17) is 4.42 Å². The number of benzene rings is 2. The first-order chi connectivity index (χ1) is 12.8. The van der Waals surface area contributed by atoms with Crippen LogP contribution >= 0.6 is 0 Å². The number of para-hydroxylation sites is 2. The molecule has 0 saturated carbocycles. The first kappa shape index (κ1) is 14.7. The quantitative estimate of drug-likeness (QED) is 0.546. The summed E-state index contributed by atoms with van der Waals surface area (Å²) < 4.78 is 5.42. The monoisotopic (exact) mass is 342 g/mol. The number of rotatable bonds is 3. The Labute approximate surface area is 148 Å². The Morgan fingerprint density at radius 3 is 2.88 bits per heavy atom. The molecule has 2 aromatic carbocycles. The lowest BCUT2D eigenvalue weighted by Crippen LogP contribution is -2.12. The van der Waals surface area contributed by atoms with Gasteiger partial charge < -0.3 is 14.7 Å². The Bertz CT molecular complexity index is 1110. The van der Waals surface area contributed by atoms with Crippen LogP contribution in [-0.2, 0) is 4.79 Å². The SMILES string of the molecule is O=C1Nc2cc(-c3ccco3)ccc2C1C=Nc1nc2ccccc2[nH]1. The van der Waals surface area contributed by atoms with Crippen molar-refractivity contribution in [3.63, 3.8) is 0 Å². The molecule has 1 amide bonds. The van der Waals surface area contributed by atoms with Crippen molar-refractivity contribution >= 4 is 34.8 Å². The Hall–Kier alpha value is -3.67. The van der Waals surface area contributed by atoms with Crippen molar-refractivity contribution < 1.29 is 9.21 Å². The summed E-state index contributed by atoms with van der Waals surface area (Å²) in [5.41, 5.74) is 4.36. The predicted octanol–water partition coefficient (Wildman–Crippen LogP) is 4.26. The summed E-state index contributed by atoms with van der Waals surface area (Å²) in [7, 11) is 0. The number of furan rings is 1. The lowest BCUT2D eigenvalue weighted by Gasteiger charge is -2.03. The highest BCUT2D eigenvalue weighted by molar-refractivity contribution is 6.13. The summed E-state index contributed by atoms with van der Waals surface area (Å²) in [6.07, 6.45) is 3.26. The van der Waals surface area contributed by atoms with Crippen molar-refractivity contribution in [2.45, 2.75) is 5.92 Å². The molecule has 126 valence electrons. The molecule has 3 heterocycles. The molecule has 5 rings (SSSR count). The Kier molecular flexibility index (Phi) is 3.21. The minimum atomic E-state index is -0.441. The number of hydrogen-bond donors (Lipinski definition) is 2. The highest BCUT2D eigenvalue weighted by Crippen LogP contribution is 2.35. The van der Waals surface area contributed by atoms with Crippen LogP contribution in [0.15, 0.2) is 70.3 Å². The van der Waals surface area contributed by atoms with Gasteiger partial charge in [0.25, 0.3) is 0 Å². The summed E-state index contributed by atoms with van der Waals surface area (Å²) >= 11 is 0. The maximum absolute atomic E-state index is 12.4. The number of hydrogen-bond acceptors (Lipinski definition) is 4. The third kappa shape index (κ3) is 2.39. The topological polar surface area (TPSA) is 83.3 Å². The van der Waals surface area contributed by atoms with Crippen LogP contribution < -0.4 is 5.32 Å². The molecular weight excluding hydrogens is 328 g/mol. The average Bonchev–Trinajstić information content (AvgIpc) is 3.37. The summed E-state index contributed by atoms with van der Waals surface area (Å²) in [6.45, 7) is 0. The second-order valence-electron chi connectivity index (χ2n) is 6.10. The van der Waals surface area contributed by atoms with Crippen LogP contribution in [0.2, 0.25) is 0 Å². The number of H-pyrrole nitrogens is 1. The number of fused-ring (bicyclic) bond motifs is 2. The van der Waals surface area contributed by atoms with Crippen molar-refractivity contribution in [1.82, 2.24) is 9.97 Å². The van der Waals surface area contributed by atoms with Crippen LogP contribution in [0.5, 0.6) is 0 Å². The first-order valence-corrected chi connectivity index (χ1v) is 8.25. The Morgan fingerprint density at radius 2 is 2.04 bits per heavy atom. The molecule has 1 aliphatic heterocycles. The predicted molar refractivity (Wildman–Crippen MR) is 99.8 cm³/mol. The van der Waals surface area contributed by atoms with Gasteiger partial charge in [-0.15, -0.1) is 0 Å². The number of anilines is 1. The van der Waals surface area contributed by atoms with E-state index in [1.165, 1.54) is 0 Å². The van der Waals surface area contributed by atoms with Crippen LogP contribution in [0.25, 0.3) is 22.4 Å². The fourth-order valence-electron chi connectivity index (χ4n) is 3.18. The molecule has 6 nitrogen and oxygen atoms in total. The van der Waals surface area contributed by atoms with Gasteiger partial charge in [0.15, 0.2) is 0 Å². The van der Waals surface area contributed by atoms with Crippen LogP contribution in [0.3, 0.4) is 0 Å². The van der Waals surface area contributed by atoms with Crippen molar-refractivity contribution in [1.29, 1.82) is 0 Å². The van der Waals surface area contributed by atoms with E-state index in [1.807, 2.05) is 54.6 Å². The standard InChI is InChI=1S/C20H14N4O2/c25-19-14(11-21-20-23-15-4-1-2-5-16(15)24-20)13-8-7-12(10-17(13)22-19)18-6-3-9-26-18/h1-11,14H,(H,22,25)(H,23,24). The van der Waals surface area contributed by atoms with E-state index in [9.17, 15) is 4.79 Å². The van der Waals surface area contributed by atoms with Gasteiger partial charge in [0, 0.05) is 17.5 Å². The third-order valence-corrected chi connectivity index (χ3v) is 4.46. The van der Waals surface area contributed by atoms with Crippen molar-refractivity contribution in [3.05, 3.63) is 66.4 Å². The van der Waals surface area contributed by atoms with Gasteiger partial charge in [-0.05, 0) is 35.9 Å². The number of carbonyl (C=O) groups excluding carboxylic acids is 1. The zero-order valence-electron chi connectivity index (χ0n) is 13.6. The van der Waals surface area contributed by atoms with E-state index < -0.39 is 5.92 Å². The van der Waals surface area contributed by atoms with Gasteiger partial charge in [0.05, 0.1) is 17.3 Å². The zero-order valence-corrected chi connectivity index (χ0v) is 13.6. The van der Waals surface area contributed by atoms with Crippen LogP contribution in [0.4, 0.5) is 11.6 Å². The van der Waals surface area contributed by atoms with Gasteiger partial charge in [-0.3, -0.25) is 4.79 Å².